The van der Waals surface area contributed by atoms with E-state index >= 15 is 0 Å². The number of hydrogen-bond donors (Lipinski definition) is 0. The van der Waals surface area contributed by atoms with Crippen molar-refractivity contribution in [1.29, 1.82) is 0 Å². The molecule has 0 aliphatic carbocycles. The van der Waals surface area contributed by atoms with Crippen LogP contribution < -0.4 is 0 Å². The largest absolute Gasteiger partial charge is 0.252 e. The van der Waals surface area contributed by atoms with Gasteiger partial charge in [0.2, 0.25) is 0 Å². The van der Waals surface area contributed by atoms with Crippen LogP contribution in [0.5, 0.6) is 0 Å². The Morgan fingerprint density at radius 2 is 1.62 bits per heavy atom. The summed E-state index contributed by atoms with van der Waals surface area (Å²) in [5.74, 6) is 0. The van der Waals surface area contributed by atoms with Crippen LogP contribution in [0.1, 0.15) is 0 Å². The molecular weight excluding hydrogens is 302 g/mol. The Hall–Kier alpha value is -1.98. The summed E-state index contributed by atoms with van der Waals surface area (Å²) in [5.41, 5.74) is 4.97. The molecule has 0 N–H and O–H groups in total. The Bertz CT molecular complexity index is 852. The first-order valence-electron chi connectivity index (χ1n) is 6.34. The van der Waals surface area contributed by atoms with Gasteiger partial charge in [-0.25, -0.2) is 8.42 Å². The van der Waals surface area contributed by atoms with Gasteiger partial charge in [-0.3, -0.25) is 4.98 Å². The summed E-state index contributed by atoms with van der Waals surface area (Å²) in [6.45, 7) is 0. The molecule has 0 amide bonds. The molecular formula is C16H13NO2S2. The zero-order valence-corrected chi connectivity index (χ0v) is 13.0. The summed E-state index contributed by atoms with van der Waals surface area (Å²) in [5, 5.41) is 0. The van der Waals surface area contributed by atoms with Gasteiger partial charge in [0.25, 0.3) is 0 Å². The Kier molecular flexibility index (Phi) is 3.61. The molecule has 0 bridgehead atoms. The average molecular weight is 315 g/mol. The SMILES string of the molecule is CS(=O)(=O)c1ccc(-c2ccccc2-c2cncs2)cc1. The number of hydrogen-bond acceptors (Lipinski definition) is 4. The van der Waals surface area contributed by atoms with Crippen molar-refractivity contribution in [2.75, 3.05) is 6.26 Å². The monoisotopic (exact) mass is 315 g/mol. The summed E-state index contributed by atoms with van der Waals surface area (Å²) in [6, 6.07) is 15.0. The van der Waals surface area contributed by atoms with Crippen LogP contribution in [0.2, 0.25) is 0 Å². The van der Waals surface area contributed by atoms with Gasteiger partial charge in [0.05, 0.1) is 15.3 Å². The Labute approximate surface area is 127 Å². The first kappa shape index (κ1) is 14.0. The normalized spacial score (nSPS) is 11.5. The Balaban J connectivity index is 2.10. The van der Waals surface area contributed by atoms with Crippen LogP contribution in [0.4, 0.5) is 0 Å². The second kappa shape index (κ2) is 5.42. The third-order valence-electron chi connectivity index (χ3n) is 3.22. The van der Waals surface area contributed by atoms with Gasteiger partial charge in [-0.15, -0.1) is 11.3 Å². The molecule has 0 saturated heterocycles. The van der Waals surface area contributed by atoms with Gasteiger partial charge in [-0.1, -0.05) is 36.4 Å². The molecule has 5 heteroatoms. The van der Waals surface area contributed by atoms with Gasteiger partial charge in [-0.05, 0) is 23.3 Å². The fourth-order valence-corrected chi connectivity index (χ4v) is 3.47. The fraction of sp³-hybridized carbons (Fsp3) is 0.0625. The number of aromatic nitrogens is 1. The van der Waals surface area contributed by atoms with Crippen LogP contribution in [0.25, 0.3) is 21.6 Å². The minimum absolute atomic E-state index is 0.335. The number of sulfone groups is 1. The highest BCUT2D eigenvalue weighted by atomic mass is 32.2. The van der Waals surface area contributed by atoms with Crippen LogP contribution in [-0.2, 0) is 9.84 Å². The van der Waals surface area contributed by atoms with E-state index in [1.165, 1.54) is 6.26 Å². The van der Waals surface area contributed by atoms with Crippen molar-refractivity contribution in [3.8, 4) is 21.6 Å². The molecule has 21 heavy (non-hydrogen) atoms. The quantitative estimate of drug-likeness (QED) is 0.737. The van der Waals surface area contributed by atoms with Crippen molar-refractivity contribution >= 4 is 21.2 Å². The van der Waals surface area contributed by atoms with Crippen LogP contribution in [0.3, 0.4) is 0 Å². The van der Waals surface area contributed by atoms with E-state index < -0.39 is 9.84 Å². The molecule has 0 spiro atoms. The van der Waals surface area contributed by atoms with Crippen LogP contribution >= 0.6 is 11.3 Å². The molecule has 3 nitrogen and oxygen atoms in total. The second-order valence-electron chi connectivity index (χ2n) is 4.71. The molecule has 3 rings (SSSR count). The van der Waals surface area contributed by atoms with Gasteiger partial charge in [-0.2, -0.15) is 0 Å². The first-order chi connectivity index (χ1) is 10.1. The van der Waals surface area contributed by atoms with Crippen molar-refractivity contribution in [3.05, 3.63) is 60.2 Å². The number of rotatable bonds is 3. The molecule has 0 unspecified atom stereocenters. The zero-order valence-electron chi connectivity index (χ0n) is 11.4. The maximum atomic E-state index is 11.5. The molecule has 0 radical (unpaired) electrons. The number of nitrogens with zero attached hydrogens (tertiary/aromatic N) is 1. The van der Waals surface area contributed by atoms with Crippen molar-refractivity contribution in [1.82, 2.24) is 4.98 Å². The summed E-state index contributed by atoms with van der Waals surface area (Å²) in [6.07, 6.45) is 3.06. The van der Waals surface area contributed by atoms with Crippen LogP contribution in [0, 0.1) is 0 Å². The number of thiazole rings is 1. The fourth-order valence-electron chi connectivity index (χ4n) is 2.18. The van der Waals surface area contributed by atoms with E-state index in [-0.39, 0.29) is 0 Å². The standard InChI is InChI=1S/C16H13NO2S2/c1-21(18,19)13-8-6-12(7-9-13)14-4-2-3-5-15(14)16-10-17-11-20-16/h2-11H,1H3. The molecule has 1 aromatic heterocycles. The van der Waals surface area contributed by atoms with E-state index in [1.54, 1.807) is 29.0 Å². The summed E-state index contributed by atoms with van der Waals surface area (Å²) in [4.78, 5) is 5.55. The van der Waals surface area contributed by atoms with E-state index in [0.717, 1.165) is 21.6 Å². The van der Waals surface area contributed by atoms with Crippen molar-refractivity contribution in [2.24, 2.45) is 0 Å². The molecule has 0 fully saturated rings. The maximum absolute atomic E-state index is 11.5. The minimum atomic E-state index is -3.16. The lowest BCUT2D eigenvalue weighted by atomic mass is 9.99. The lowest BCUT2D eigenvalue weighted by molar-refractivity contribution is 0.602. The Morgan fingerprint density at radius 1 is 0.952 bits per heavy atom. The van der Waals surface area contributed by atoms with Crippen molar-refractivity contribution in [3.63, 3.8) is 0 Å². The molecule has 0 saturated carbocycles. The highest BCUT2D eigenvalue weighted by molar-refractivity contribution is 7.90. The van der Waals surface area contributed by atoms with E-state index in [2.05, 4.69) is 4.98 Å². The van der Waals surface area contributed by atoms with Crippen molar-refractivity contribution in [2.45, 2.75) is 4.90 Å². The maximum Gasteiger partial charge on any atom is 0.175 e. The predicted octanol–water partition coefficient (Wildman–Crippen LogP) is 3.88. The highest BCUT2D eigenvalue weighted by Crippen LogP contribution is 2.34. The van der Waals surface area contributed by atoms with Gasteiger partial charge in [0.1, 0.15) is 0 Å². The number of benzene rings is 2. The summed E-state index contributed by atoms with van der Waals surface area (Å²) in [7, 11) is -3.16. The molecule has 1 heterocycles. The smallest absolute Gasteiger partial charge is 0.175 e. The molecule has 0 aliphatic heterocycles. The van der Waals surface area contributed by atoms with Crippen LogP contribution in [-0.4, -0.2) is 19.7 Å². The summed E-state index contributed by atoms with van der Waals surface area (Å²) < 4.78 is 23.1. The van der Waals surface area contributed by atoms with Crippen LogP contribution in [0.15, 0.2) is 65.1 Å². The average Bonchev–Trinajstić information content (AvgIpc) is 3.01. The minimum Gasteiger partial charge on any atom is -0.252 e. The van der Waals surface area contributed by atoms with Gasteiger partial charge in [0.15, 0.2) is 9.84 Å². The van der Waals surface area contributed by atoms with E-state index in [4.69, 9.17) is 0 Å². The molecule has 0 aliphatic rings. The zero-order chi connectivity index (χ0) is 14.9. The van der Waals surface area contributed by atoms with E-state index in [9.17, 15) is 8.42 Å². The van der Waals surface area contributed by atoms with E-state index in [1.807, 2.05) is 42.6 Å². The first-order valence-corrected chi connectivity index (χ1v) is 9.11. The van der Waals surface area contributed by atoms with Crippen molar-refractivity contribution < 1.29 is 8.42 Å². The molecule has 106 valence electrons. The Morgan fingerprint density at radius 3 is 2.19 bits per heavy atom. The topological polar surface area (TPSA) is 47.0 Å². The molecule has 0 atom stereocenters. The molecule has 3 aromatic rings. The predicted molar refractivity (Wildman–Crippen MR) is 86.1 cm³/mol. The highest BCUT2D eigenvalue weighted by Gasteiger charge is 2.10. The van der Waals surface area contributed by atoms with Gasteiger partial charge >= 0.3 is 0 Å². The lowest BCUT2D eigenvalue weighted by Crippen LogP contribution is -1.96. The third-order valence-corrected chi connectivity index (χ3v) is 5.15. The summed E-state index contributed by atoms with van der Waals surface area (Å²) >= 11 is 1.59. The van der Waals surface area contributed by atoms with E-state index in [0.29, 0.717) is 4.90 Å². The third kappa shape index (κ3) is 2.89. The van der Waals surface area contributed by atoms with Gasteiger partial charge in [0, 0.05) is 18.0 Å². The van der Waals surface area contributed by atoms with Gasteiger partial charge < -0.3 is 0 Å². The molecule has 2 aromatic carbocycles. The second-order valence-corrected chi connectivity index (χ2v) is 7.61. The lowest BCUT2D eigenvalue weighted by Gasteiger charge is -2.08.